The minimum atomic E-state index is -1.63. The van der Waals surface area contributed by atoms with Crippen molar-refractivity contribution >= 4 is 53.0 Å². The van der Waals surface area contributed by atoms with Gasteiger partial charge in [0.05, 0.1) is 60.8 Å². The summed E-state index contributed by atoms with van der Waals surface area (Å²) in [6.45, 7) is 22.9. The summed E-state index contributed by atoms with van der Waals surface area (Å²) in [5, 5.41) is 21.6. The smallest absolute Gasteiger partial charge is 0.330 e. The number of carbonyl (C=O) groups excluding carboxylic acids is 9. The van der Waals surface area contributed by atoms with Gasteiger partial charge in [0.2, 0.25) is 29.5 Å². The molecular weight excluding hydrogens is 833 g/mol. The molecule has 0 saturated heterocycles. The van der Waals surface area contributed by atoms with E-state index >= 15 is 0 Å². The van der Waals surface area contributed by atoms with Gasteiger partial charge in [0.1, 0.15) is 28.4 Å². The van der Waals surface area contributed by atoms with E-state index in [-0.39, 0.29) is 45.4 Å². The fourth-order valence-electron chi connectivity index (χ4n) is 6.34. The van der Waals surface area contributed by atoms with Crippen LogP contribution in [0.15, 0.2) is 6.20 Å². The van der Waals surface area contributed by atoms with Gasteiger partial charge in [-0.25, -0.2) is 4.79 Å². The molecule has 5 amide bonds. The zero-order chi connectivity index (χ0) is 49.4. The highest BCUT2D eigenvalue weighted by molar-refractivity contribution is 6.00. The zero-order valence-corrected chi connectivity index (χ0v) is 40.6. The van der Waals surface area contributed by atoms with Crippen LogP contribution in [-0.4, -0.2) is 116 Å². The molecule has 0 spiro atoms. The number of nitrogens with one attached hydrogen (secondary N) is 5. The largest absolute Gasteiger partial charge is 0.467 e. The highest BCUT2D eigenvalue weighted by Gasteiger charge is 2.44. The normalized spacial score (nSPS) is 19.6. The lowest BCUT2D eigenvalue weighted by Crippen LogP contribution is -2.63. The Morgan fingerprint density at radius 3 is 2.02 bits per heavy atom. The third kappa shape index (κ3) is 16.1. The van der Waals surface area contributed by atoms with Crippen molar-refractivity contribution in [2.45, 2.75) is 183 Å². The average Bonchev–Trinajstić information content (AvgIpc) is 3.58. The van der Waals surface area contributed by atoms with Crippen LogP contribution in [0.5, 0.6) is 0 Å². The number of ether oxygens (including phenoxy) is 3. The van der Waals surface area contributed by atoms with Crippen molar-refractivity contribution in [3.05, 3.63) is 11.9 Å². The summed E-state index contributed by atoms with van der Waals surface area (Å²) in [5.41, 5.74) is -8.95. The van der Waals surface area contributed by atoms with E-state index in [2.05, 4.69) is 36.9 Å². The number of fused-ring (bicyclic) bond motifs is 2. The highest BCUT2D eigenvalue weighted by atomic mass is 16.6. The summed E-state index contributed by atoms with van der Waals surface area (Å²) in [7, 11) is 1.17. The lowest BCUT2D eigenvalue weighted by molar-refractivity contribution is -0.159. The molecule has 0 unspecified atom stereocenters. The van der Waals surface area contributed by atoms with Gasteiger partial charge in [-0.05, 0) is 75.2 Å². The lowest BCUT2D eigenvalue weighted by Gasteiger charge is -2.34. The van der Waals surface area contributed by atoms with Crippen molar-refractivity contribution < 1.29 is 57.4 Å². The summed E-state index contributed by atoms with van der Waals surface area (Å²) in [5.74, 6) is -5.68. The standard InChI is InChI=1S/C44H72N8O12/c1-38(2,3)64-31(55)22-41(8,9)35(59)48-42(10,11)30(54)21-40(6,7)33(57)45-27-18-17-19-52-23-26(50-51-52)24-63-25-28(32(56)47-44(14,15)37(61)62-16)46-36(60)43(12,13)49-34(58)39(4,5)20-29(27)53/h23,27-28H,17-22,24-25H2,1-16H3,(H,45,57)(H,46,60)(H,47,56)(H,48,59)(H,49,58)/t27-,28-/m0/s1. The lowest BCUT2D eigenvalue weighted by atomic mass is 9.79. The molecule has 360 valence electrons. The average molecular weight is 905 g/mol. The number of esters is 2. The first-order chi connectivity index (χ1) is 28.9. The molecule has 1 aromatic rings. The first-order valence-corrected chi connectivity index (χ1v) is 21.4. The van der Waals surface area contributed by atoms with Crippen LogP contribution in [0.4, 0.5) is 0 Å². The molecule has 2 atom stereocenters. The van der Waals surface area contributed by atoms with Gasteiger partial charge in [0, 0.05) is 19.4 Å². The summed E-state index contributed by atoms with van der Waals surface area (Å²) in [6, 6.07) is -2.45. The number of Topliss-reactive ketones (excluding diaryl/α,β-unsaturated/α-hetero) is 2. The first kappa shape index (κ1) is 54.9. The molecular formula is C44H72N8O12. The molecule has 1 aliphatic rings. The molecule has 20 heteroatoms. The Morgan fingerprint density at radius 1 is 0.844 bits per heavy atom. The number of amides is 5. The molecule has 0 aliphatic carbocycles. The molecule has 20 nitrogen and oxygen atoms in total. The summed E-state index contributed by atoms with van der Waals surface area (Å²) in [4.78, 5) is 121. The van der Waals surface area contributed by atoms with Crippen LogP contribution in [0, 0.1) is 16.2 Å². The van der Waals surface area contributed by atoms with Crippen molar-refractivity contribution in [1.82, 2.24) is 41.6 Å². The second kappa shape index (κ2) is 20.7. The minimum Gasteiger partial charge on any atom is -0.467 e. The maximum Gasteiger partial charge on any atom is 0.330 e. The molecule has 5 N–H and O–H groups in total. The van der Waals surface area contributed by atoms with Crippen LogP contribution in [0.25, 0.3) is 0 Å². The Morgan fingerprint density at radius 2 is 1.44 bits per heavy atom. The van der Waals surface area contributed by atoms with E-state index in [1.54, 1.807) is 40.8 Å². The maximum absolute atomic E-state index is 14.1. The van der Waals surface area contributed by atoms with E-state index in [4.69, 9.17) is 14.2 Å². The van der Waals surface area contributed by atoms with E-state index in [0.717, 1.165) is 0 Å². The van der Waals surface area contributed by atoms with Gasteiger partial charge in [0.15, 0.2) is 11.6 Å². The predicted molar refractivity (Wildman–Crippen MR) is 233 cm³/mol. The Bertz CT molecular complexity index is 1940. The van der Waals surface area contributed by atoms with Crippen LogP contribution < -0.4 is 26.6 Å². The second-order valence-electron chi connectivity index (χ2n) is 21.1. The number of ketones is 2. The van der Waals surface area contributed by atoms with E-state index < -0.39 is 104 Å². The molecule has 1 aromatic heterocycles. The molecule has 1 aliphatic heterocycles. The van der Waals surface area contributed by atoms with Crippen molar-refractivity contribution in [2.75, 3.05) is 13.7 Å². The van der Waals surface area contributed by atoms with Gasteiger partial charge in [-0.1, -0.05) is 46.8 Å². The molecule has 2 heterocycles. The number of aromatic nitrogens is 3. The Hall–Kier alpha value is -5.27. The van der Waals surface area contributed by atoms with Gasteiger partial charge < -0.3 is 40.8 Å². The number of aryl methyl sites for hydroxylation is 1. The molecule has 0 saturated carbocycles. The molecule has 2 bridgehead atoms. The molecule has 0 aromatic carbocycles. The molecule has 64 heavy (non-hydrogen) atoms. The number of methoxy groups -OCH3 is 1. The van der Waals surface area contributed by atoms with Gasteiger partial charge >= 0.3 is 11.9 Å². The van der Waals surface area contributed by atoms with Gasteiger partial charge in [-0.2, -0.15) is 0 Å². The summed E-state index contributed by atoms with van der Waals surface area (Å²) >= 11 is 0. The van der Waals surface area contributed by atoms with E-state index in [0.29, 0.717) is 12.1 Å². The Labute approximate surface area is 376 Å². The van der Waals surface area contributed by atoms with Gasteiger partial charge in [-0.3, -0.25) is 43.0 Å². The van der Waals surface area contributed by atoms with Crippen LogP contribution in [0.1, 0.15) is 142 Å². The molecule has 2 rings (SSSR count). The van der Waals surface area contributed by atoms with Crippen molar-refractivity contribution in [2.24, 2.45) is 16.2 Å². The monoisotopic (exact) mass is 905 g/mol. The molecule has 0 fully saturated rings. The fourth-order valence-corrected chi connectivity index (χ4v) is 6.34. The van der Waals surface area contributed by atoms with Crippen molar-refractivity contribution in [1.29, 1.82) is 0 Å². The highest BCUT2D eigenvalue weighted by Crippen LogP contribution is 2.29. The number of rotatable bonds is 12. The topological polar surface area (TPSA) is 272 Å². The number of carbonyl (C=O) groups is 9. The number of nitrogens with zero attached hydrogens (tertiary/aromatic N) is 3. The second-order valence-corrected chi connectivity index (χ2v) is 21.1. The maximum atomic E-state index is 14.1. The Kier molecular flexibility index (Phi) is 17.7. The van der Waals surface area contributed by atoms with E-state index in [9.17, 15) is 43.2 Å². The van der Waals surface area contributed by atoms with Crippen molar-refractivity contribution in [3.63, 3.8) is 0 Å². The fraction of sp³-hybridized carbons (Fsp3) is 0.750. The third-order valence-electron chi connectivity index (χ3n) is 10.6. The number of hydrogen-bond donors (Lipinski definition) is 5. The zero-order valence-electron chi connectivity index (χ0n) is 40.6. The summed E-state index contributed by atoms with van der Waals surface area (Å²) < 4.78 is 17.4. The van der Waals surface area contributed by atoms with Gasteiger partial charge in [-0.15, -0.1) is 5.10 Å². The van der Waals surface area contributed by atoms with Crippen LogP contribution >= 0.6 is 0 Å². The summed E-state index contributed by atoms with van der Waals surface area (Å²) in [6.07, 6.45) is 1.09. The first-order valence-electron chi connectivity index (χ1n) is 21.4. The Balaban J connectivity index is 2.34. The van der Waals surface area contributed by atoms with Crippen LogP contribution in [-0.2, 0) is 70.5 Å². The third-order valence-corrected chi connectivity index (χ3v) is 10.6. The quantitative estimate of drug-likeness (QED) is 0.188. The van der Waals surface area contributed by atoms with E-state index in [1.807, 2.05) is 0 Å². The predicted octanol–water partition coefficient (Wildman–Crippen LogP) is 2.14. The molecule has 0 radical (unpaired) electrons. The van der Waals surface area contributed by atoms with Crippen LogP contribution in [0.2, 0.25) is 0 Å². The van der Waals surface area contributed by atoms with Crippen LogP contribution in [0.3, 0.4) is 0 Å². The van der Waals surface area contributed by atoms with E-state index in [1.165, 1.54) is 81.0 Å². The minimum absolute atomic E-state index is 0.110. The SMILES string of the molecule is COC(=O)C(C)(C)NC(=O)[C@@H]1COCc2cn(nn2)CCC[C@H](NC(=O)C(C)(C)CC(=O)C(C)(C)NC(=O)C(C)(C)CC(=O)OC(C)(C)C)C(=O)CC(C)(C)C(=O)NC(C)(C)C(=O)N1. The number of hydrogen-bond acceptors (Lipinski definition) is 14. The van der Waals surface area contributed by atoms with Crippen molar-refractivity contribution in [3.8, 4) is 0 Å². The van der Waals surface area contributed by atoms with Gasteiger partial charge in [0.25, 0.3) is 0 Å².